The molecule has 0 aliphatic heterocycles. The molecule has 3 atom stereocenters. The van der Waals surface area contributed by atoms with Crippen LogP contribution in [0.2, 0.25) is 0 Å². The summed E-state index contributed by atoms with van der Waals surface area (Å²) >= 11 is 0. The molecule has 0 aromatic carbocycles. The second-order valence-corrected chi connectivity index (χ2v) is 7.79. The van der Waals surface area contributed by atoms with Gasteiger partial charge >= 0.3 is 0 Å². The molecule has 0 radical (unpaired) electrons. The van der Waals surface area contributed by atoms with Gasteiger partial charge in [0.2, 0.25) is 0 Å². The maximum atomic E-state index is 12.6. The number of hydrogen-bond donors (Lipinski definition) is 1. The van der Waals surface area contributed by atoms with Crippen LogP contribution >= 0.6 is 0 Å². The lowest BCUT2D eigenvalue weighted by molar-refractivity contribution is -0.269. The van der Waals surface area contributed by atoms with Gasteiger partial charge < -0.3 is 0 Å². The fraction of sp³-hybridized carbons (Fsp3) is 0.650. The minimum absolute atomic E-state index is 0.0123. The van der Waals surface area contributed by atoms with Crippen molar-refractivity contribution in [2.24, 2.45) is 11.3 Å². The zero-order valence-corrected chi connectivity index (χ0v) is 15.1. The SMILES string of the molecule is CC(C)=C1C(=O)C[C@@]2(C)C/C=C(/C)CC[C@@H](OO)/C(C)=C/C[C@H]12. The maximum absolute atomic E-state index is 12.6. The molecule has 0 aromatic rings. The van der Waals surface area contributed by atoms with Gasteiger partial charge in [-0.05, 0) is 75.9 Å². The Kier molecular flexibility index (Phi) is 5.64. The Morgan fingerprint density at radius 1 is 1.30 bits per heavy atom. The van der Waals surface area contributed by atoms with E-state index >= 15 is 0 Å². The molecule has 0 unspecified atom stereocenters. The zero-order valence-electron chi connectivity index (χ0n) is 15.1. The fourth-order valence-corrected chi connectivity index (χ4v) is 4.04. The van der Waals surface area contributed by atoms with E-state index in [2.05, 4.69) is 30.9 Å². The quantitative estimate of drug-likeness (QED) is 0.311. The molecule has 0 amide bonds. The second kappa shape index (κ2) is 7.14. The van der Waals surface area contributed by atoms with E-state index in [1.807, 2.05) is 20.8 Å². The van der Waals surface area contributed by atoms with Crippen molar-refractivity contribution in [3.63, 3.8) is 0 Å². The average Bonchev–Trinajstić information content (AvgIpc) is 2.73. The minimum Gasteiger partial charge on any atom is -0.295 e. The molecule has 23 heavy (non-hydrogen) atoms. The first-order valence-electron chi connectivity index (χ1n) is 8.61. The topological polar surface area (TPSA) is 46.5 Å². The lowest BCUT2D eigenvalue weighted by Gasteiger charge is -2.30. The Balaban J connectivity index is 2.45. The van der Waals surface area contributed by atoms with E-state index in [0.717, 1.165) is 42.4 Å². The number of ketones is 1. The first-order chi connectivity index (χ1) is 10.8. The third kappa shape index (κ3) is 3.84. The summed E-state index contributed by atoms with van der Waals surface area (Å²) in [5.41, 5.74) is 4.50. The van der Waals surface area contributed by atoms with E-state index < -0.39 is 0 Å². The average molecular weight is 318 g/mol. The molecule has 128 valence electrons. The minimum atomic E-state index is -0.255. The van der Waals surface area contributed by atoms with E-state index in [-0.39, 0.29) is 17.4 Å². The van der Waals surface area contributed by atoms with Crippen molar-refractivity contribution in [3.05, 3.63) is 34.4 Å². The molecule has 0 saturated heterocycles. The van der Waals surface area contributed by atoms with E-state index in [4.69, 9.17) is 0 Å². The zero-order chi connectivity index (χ0) is 17.2. The molecule has 2 rings (SSSR count). The number of hydrogen-bond acceptors (Lipinski definition) is 3. The van der Waals surface area contributed by atoms with E-state index in [0.29, 0.717) is 12.2 Å². The van der Waals surface area contributed by atoms with Crippen LogP contribution in [-0.2, 0) is 9.68 Å². The van der Waals surface area contributed by atoms with Gasteiger partial charge in [-0.25, -0.2) is 4.89 Å². The van der Waals surface area contributed by atoms with Crippen LogP contribution in [0.1, 0.15) is 66.7 Å². The van der Waals surface area contributed by atoms with Gasteiger partial charge in [0, 0.05) is 6.42 Å². The molecule has 1 saturated carbocycles. The summed E-state index contributed by atoms with van der Waals surface area (Å²) < 4.78 is 0. The lowest BCUT2D eigenvalue weighted by atomic mass is 9.73. The van der Waals surface area contributed by atoms with Crippen molar-refractivity contribution in [2.75, 3.05) is 0 Å². The molecular weight excluding hydrogens is 288 g/mol. The summed E-state index contributed by atoms with van der Waals surface area (Å²) in [7, 11) is 0. The molecule has 0 heterocycles. The smallest absolute Gasteiger partial charge is 0.159 e. The molecule has 3 nitrogen and oxygen atoms in total. The standard InChI is InChI=1S/C20H30O3/c1-13(2)19-16-8-7-15(4)18(23-22)9-6-14(3)10-11-20(16,5)12-17(19)21/h7,10,16,18,22H,6,8-9,11-12H2,1-5H3/b14-10-,15-7+/t16-,18-,20-/m1/s1. The van der Waals surface area contributed by atoms with Crippen LogP contribution in [-0.4, -0.2) is 17.1 Å². The van der Waals surface area contributed by atoms with Gasteiger partial charge in [0.25, 0.3) is 0 Å². The summed E-state index contributed by atoms with van der Waals surface area (Å²) in [6, 6.07) is 0. The Labute approximate surface area is 140 Å². The number of carbonyl (C=O) groups is 1. The molecule has 2 aliphatic rings. The Bertz CT molecular complexity index is 563. The summed E-state index contributed by atoms with van der Waals surface area (Å²) in [5.74, 6) is 0.554. The number of Topliss-reactive ketones (excluding diaryl/α,β-unsaturated/α-hetero) is 1. The highest BCUT2D eigenvalue weighted by atomic mass is 17.1. The predicted octanol–water partition coefficient (Wildman–Crippen LogP) is 5.24. The fourth-order valence-electron chi connectivity index (χ4n) is 4.04. The lowest BCUT2D eigenvalue weighted by Crippen LogP contribution is -2.22. The largest absolute Gasteiger partial charge is 0.295 e. The molecule has 2 aliphatic carbocycles. The Morgan fingerprint density at radius 2 is 2.00 bits per heavy atom. The third-order valence-corrected chi connectivity index (χ3v) is 5.62. The normalized spacial score (nSPS) is 37.3. The molecular formula is C20H30O3. The van der Waals surface area contributed by atoms with Crippen LogP contribution < -0.4 is 0 Å². The number of carbonyl (C=O) groups excluding carboxylic acids is 1. The Morgan fingerprint density at radius 3 is 2.61 bits per heavy atom. The summed E-state index contributed by atoms with van der Waals surface area (Å²) in [6.45, 7) is 10.5. The van der Waals surface area contributed by atoms with Crippen molar-refractivity contribution < 1.29 is 14.9 Å². The van der Waals surface area contributed by atoms with Gasteiger partial charge in [0.05, 0.1) is 0 Å². The van der Waals surface area contributed by atoms with Crippen LogP contribution in [0.25, 0.3) is 0 Å². The highest BCUT2D eigenvalue weighted by Crippen LogP contribution is 2.50. The summed E-state index contributed by atoms with van der Waals surface area (Å²) in [5, 5.41) is 9.19. The van der Waals surface area contributed by atoms with E-state index in [1.165, 1.54) is 5.57 Å². The van der Waals surface area contributed by atoms with Gasteiger partial charge in [-0.15, -0.1) is 0 Å². The van der Waals surface area contributed by atoms with Gasteiger partial charge in [-0.2, -0.15) is 0 Å². The summed E-state index contributed by atoms with van der Waals surface area (Å²) in [4.78, 5) is 17.3. The molecule has 1 N–H and O–H groups in total. The summed E-state index contributed by atoms with van der Waals surface area (Å²) in [6.07, 6.45) is 8.28. The van der Waals surface area contributed by atoms with Crippen LogP contribution in [0.4, 0.5) is 0 Å². The maximum Gasteiger partial charge on any atom is 0.159 e. The van der Waals surface area contributed by atoms with Crippen LogP contribution in [0.5, 0.6) is 0 Å². The van der Waals surface area contributed by atoms with Crippen LogP contribution in [0, 0.1) is 11.3 Å². The highest BCUT2D eigenvalue weighted by molar-refractivity contribution is 5.99. The van der Waals surface area contributed by atoms with Gasteiger partial charge in [-0.3, -0.25) is 10.1 Å². The molecule has 0 bridgehead atoms. The third-order valence-electron chi connectivity index (χ3n) is 5.62. The molecule has 1 fully saturated rings. The number of fused-ring (bicyclic) bond motifs is 1. The van der Waals surface area contributed by atoms with Gasteiger partial charge in [-0.1, -0.05) is 30.2 Å². The molecule has 0 aromatic heterocycles. The molecule has 0 spiro atoms. The van der Waals surface area contributed by atoms with Crippen molar-refractivity contribution in [2.45, 2.75) is 72.8 Å². The van der Waals surface area contributed by atoms with Crippen LogP contribution in [0.3, 0.4) is 0 Å². The van der Waals surface area contributed by atoms with Crippen molar-refractivity contribution >= 4 is 5.78 Å². The van der Waals surface area contributed by atoms with Crippen molar-refractivity contribution in [1.82, 2.24) is 0 Å². The number of rotatable bonds is 1. The van der Waals surface area contributed by atoms with E-state index in [9.17, 15) is 10.1 Å². The van der Waals surface area contributed by atoms with Crippen LogP contribution in [0.15, 0.2) is 34.4 Å². The first kappa shape index (κ1) is 18.2. The van der Waals surface area contributed by atoms with Crippen molar-refractivity contribution in [1.29, 1.82) is 0 Å². The van der Waals surface area contributed by atoms with Gasteiger partial charge in [0.1, 0.15) is 6.10 Å². The highest BCUT2D eigenvalue weighted by Gasteiger charge is 2.46. The monoisotopic (exact) mass is 318 g/mol. The molecule has 3 heteroatoms. The Hall–Kier alpha value is -1.19. The predicted molar refractivity (Wildman–Crippen MR) is 93.1 cm³/mol. The van der Waals surface area contributed by atoms with E-state index in [1.54, 1.807) is 0 Å². The number of allylic oxidation sites excluding steroid dienone is 5. The van der Waals surface area contributed by atoms with Crippen molar-refractivity contribution in [3.8, 4) is 0 Å². The first-order valence-corrected chi connectivity index (χ1v) is 8.61. The second-order valence-electron chi connectivity index (χ2n) is 7.79. The van der Waals surface area contributed by atoms with Gasteiger partial charge in [0.15, 0.2) is 5.78 Å².